The lowest BCUT2D eigenvalue weighted by molar-refractivity contribution is -0.167. The Bertz CT molecular complexity index is 1070. The molecule has 58 heavy (non-hydrogen) atoms. The number of allylic oxidation sites excluding steroid dienone is 10. The molecule has 0 aromatic carbocycles. The Morgan fingerprint density at radius 2 is 0.621 bits per heavy atom. The second-order valence-electron chi connectivity index (χ2n) is 16.0. The fraction of sp³-hybridized carbons (Fsp3) is 0.750. The third-order valence-electron chi connectivity index (χ3n) is 10.2. The first kappa shape index (κ1) is 55.1. The van der Waals surface area contributed by atoms with E-state index in [1.165, 1.54) is 83.5 Å². The summed E-state index contributed by atoms with van der Waals surface area (Å²) in [5.41, 5.74) is 0. The van der Waals surface area contributed by atoms with Gasteiger partial charge in [-0.15, -0.1) is 0 Å². The molecule has 0 radical (unpaired) electrons. The summed E-state index contributed by atoms with van der Waals surface area (Å²) in [6.45, 7) is 6.48. The number of carbonyl (C=O) groups excluding carboxylic acids is 3. The first-order valence-corrected chi connectivity index (χ1v) is 24.3. The maximum atomic E-state index is 12.7. The fourth-order valence-corrected chi connectivity index (χ4v) is 6.54. The Labute approximate surface area is 358 Å². The normalized spacial score (nSPS) is 12.5. The molecule has 0 aliphatic rings. The Morgan fingerprint density at radius 3 is 1.02 bits per heavy atom. The van der Waals surface area contributed by atoms with Crippen LogP contribution in [0.2, 0.25) is 0 Å². The number of unbranched alkanes of at least 4 members (excludes halogenated alkanes) is 22. The molecule has 0 amide bonds. The number of ether oxygens (including phenoxy) is 3. The van der Waals surface area contributed by atoms with Gasteiger partial charge in [0.1, 0.15) is 13.2 Å². The predicted octanol–water partition coefficient (Wildman–Crippen LogP) is 15.7. The average Bonchev–Trinajstić information content (AvgIpc) is 3.22. The van der Waals surface area contributed by atoms with Crippen LogP contribution in [0, 0.1) is 0 Å². The molecule has 0 saturated carbocycles. The van der Waals surface area contributed by atoms with Gasteiger partial charge in [0.25, 0.3) is 0 Å². The monoisotopic (exact) mass is 811 g/mol. The summed E-state index contributed by atoms with van der Waals surface area (Å²) < 4.78 is 16.6. The molecule has 0 aromatic rings. The minimum absolute atomic E-state index is 0.0855. The van der Waals surface area contributed by atoms with Crippen LogP contribution in [0.1, 0.15) is 233 Å². The van der Waals surface area contributed by atoms with Crippen molar-refractivity contribution in [3.05, 3.63) is 60.8 Å². The third kappa shape index (κ3) is 44.2. The van der Waals surface area contributed by atoms with E-state index in [2.05, 4.69) is 81.5 Å². The lowest BCUT2D eigenvalue weighted by Gasteiger charge is -2.18. The van der Waals surface area contributed by atoms with Crippen LogP contribution in [0.5, 0.6) is 0 Å². The number of carbonyl (C=O) groups is 3. The van der Waals surface area contributed by atoms with Gasteiger partial charge in [0.15, 0.2) is 6.10 Å². The molecule has 0 aliphatic heterocycles. The van der Waals surface area contributed by atoms with Crippen LogP contribution in [-0.2, 0) is 28.6 Å². The van der Waals surface area contributed by atoms with E-state index in [0.29, 0.717) is 19.3 Å². The zero-order valence-electron chi connectivity index (χ0n) is 38.0. The minimum Gasteiger partial charge on any atom is -0.462 e. The van der Waals surface area contributed by atoms with Gasteiger partial charge in [-0.3, -0.25) is 14.4 Å². The number of hydrogen-bond donors (Lipinski definition) is 0. The van der Waals surface area contributed by atoms with Gasteiger partial charge in [0.2, 0.25) is 0 Å². The highest BCUT2D eigenvalue weighted by Gasteiger charge is 2.19. The second kappa shape index (κ2) is 46.8. The summed E-state index contributed by atoms with van der Waals surface area (Å²) in [6.07, 6.45) is 56.6. The summed E-state index contributed by atoms with van der Waals surface area (Å²) in [5.74, 6) is -0.926. The van der Waals surface area contributed by atoms with Crippen molar-refractivity contribution in [3.63, 3.8) is 0 Å². The zero-order valence-corrected chi connectivity index (χ0v) is 38.0. The summed E-state index contributed by atoms with van der Waals surface area (Å²) in [7, 11) is 0. The Kier molecular flexibility index (Phi) is 44.5. The van der Waals surface area contributed by atoms with Gasteiger partial charge < -0.3 is 14.2 Å². The summed E-state index contributed by atoms with van der Waals surface area (Å²) in [4.78, 5) is 37.6. The molecule has 0 spiro atoms. The van der Waals surface area contributed by atoms with E-state index in [0.717, 1.165) is 109 Å². The predicted molar refractivity (Wildman–Crippen MR) is 247 cm³/mol. The first-order valence-electron chi connectivity index (χ1n) is 24.3. The van der Waals surface area contributed by atoms with Crippen LogP contribution in [0.15, 0.2) is 60.8 Å². The topological polar surface area (TPSA) is 78.9 Å². The molecular formula is C52H90O6. The van der Waals surface area contributed by atoms with Crippen LogP contribution < -0.4 is 0 Å². The highest BCUT2D eigenvalue weighted by molar-refractivity contribution is 5.71. The molecular weight excluding hydrogens is 721 g/mol. The van der Waals surface area contributed by atoms with Crippen LogP contribution in [0.3, 0.4) is 0 Å². The van der Waals surface area contributed by atoms with Crippen LogP contribution in [0.25, 0.3) is 0 Å². The van der Waals surface area contributed by atoms with E-state index in [1.807, 2.05) is 0 Å². The molecule has 0 fully saturated rings. The Morgan fingerprint density at radius 1 is 0.345 bits per heavy atom. The van der Waals surface area contributed by atoms with Gasteiger partial charge in [-0.05, 0) is 89.9 Å². The van der Waals surface area contributed by atoms with Crippen molar-refractivity contribution in [2.45, 2.75) is 239 Å². The van der Waals surface area contributed by atoms with Gasteiger partial charge in [0, 0.05) is 19.3 Å². The smallest absolute Gasteiger partial charge is 0.306 e. The molecule has 0 bridgehead atoms. The first-order chi connectivity index (χ1) is 28.5. The van der Waals surface area contributed by atoms with E-state index in [1.54, 1.807) is 0 Å². The molecule has 0 aromatic heterocycles. The van der Waals surface area contributed by atoms with E-state index in [4.69, 9.17) is 14.2 Å². The lowest BCUT2D eigenvalue weighted by atomic mass is 10.1. The van der Waals surface area contributed by atoms with Gasteiger partial charge >= 0.3 is 17.9 Å². The zero-order chi connectivity index (χ0) is 42.3. The van der Waals surface area contributed by atoms with Crippen molar-refractivity contribution in [2.75, 3.05) is 13.2 Å². The second-order valence-corrected chi connectivity index (χ2v) is 16.0. The SMILES string of the molecule is CCCCC/C=C\C/C=C\C/C=C\CCCCCCCCC(=O)OCC(COC(=O)CCCCCCC)OC(=O)CCCCCCC/C=C\C/C=C\CCCCCC. The standard InChI is InChI=1S/C52H90O6/c1-4-7-10-13-15-17-19-21-23-25-26-27-29-30-32-34-36-39-42-45-51(54)57-48-49(47-56-50(53)44-41-38-12-9-6-3)58-52(55)46-43-40-37-35-33-31-28-24-22-20-18-16-14-11-8-5-2/h15,17-18,20-21,23-24,26-28,49H,4-14,16,19,22,25,29-48H2,1-3H3/b17-15-,20-18-,23-21-,27-26-,28-24-. The Balaban J connectivity index is 4.24. The lowest BCUT2D eigenvalue weighted by Crippen LogP contribution is -2.30. The number of rotatable bonds is 43. The van der Waals surface area contributed by atoms with Gasteiger partial charge in [0.05, 0.1) is 0 Å². The van der Waals surface area contributed by atoms with Crippen molar-refractivity contribution in [1.82, 2.24) is 0 Å². The molecule has 334 valence electrons. The highest BCUT2D eigenvalue weighted by Crippen LogP contribution is 2.13. The quantitative estimate of drug-likeness (QED) is 0.0264. The molecule has 0 N–H and O–H groups in total. The minimum atomic E-state index is -0.782. The van der Waals surface area contributed by atoms with Crippen molar-refractivity contribution in [3.8, 4) is 0 Å². The van der Waals surface area contributed by atoms with E-state index >= 15 is 0 Å². The van der Waals surface area contributed by atoms with Gasteiger partial charge in [-0.2, -0.15) is 0 Å². The Hall–Kier alpha value is -2.89. The van der Waals surface area contributed by atoms with Crippen molar-refractivity contribution >= 4 is 17.9 Å². The number of esters is 3. The van der Waals surface area contributed by atoms with Crippen molar-refractivity contribution < 1.29 is 28.6 Å². The van der Waals surface area contributed by atoms with Crippen LogP contribution in [0.4, 0.5) is 0 Å². The molecule has 1 unspecified atom stereocenters. The summed E-state index contributed by atoms with van der Waals surface area (Å²) in [5, 5.41) is 0. The summed E-state index contributed by atoms with van der Waals surface area (Å²) in [6, 6.07) is 0. The number of hydrogen-bond acceptors (Lipinski definition) is 6. The maximum absolute atomic E-state index is 12.7. The molecule has 1 atom stereocenters. The highest BCUT2D eigenvalue weighted by atomic mass is 16.6. The van der Waals surface area contributed by atoms with Crippen molar-refractivity contribution in [1.29, 1.82) is 0 Å². The van der Waals surface area contributed by atoms with E-state index < -0.39 is 6.10 Å². The van der Waals surface area contributed by atoms with Crippen LogP contribution in [-0.4, -0.2) is 37.2 Å². The van der Waals surface area contributed by atoms with Crippen molar-refractivity contribution in [2.24, 2.45) is 0 Å². The maximum Gasteiger partial charge on any atom is 0.306 e. The molecule has 0 heterocycles. The van der Waals surface area contributed by atoms with Gasteiger partial charge in [-0.25, -0.2) is 0 Å². The molecule has 0 saturated heterocycles. The van der Waals surface area contributed by atoms with E-state index in [9.17, 15) is 14.4 Å². The average molecular weight is 811 g/mol. The van der Waals surface area contributed by atoms with Crippen LogP contribution >= 0.6 is 0 Å². The third-order valence-corrected chi connectivity index (χ3v) is 10.2. The molecule has 0 aliphatic carbocycles. The molecule has 6 heteroatoms. The van der Waals surface area contributed by atoms with E-state index in [-0.39, 0.29) is 31.1 Å². The fourth-order valence-electron chi connectivity index (χ4n) is 6.54. The largest absolute Gasteiger partial charge is 0.462 e. The molecule has 6 nitrogen and oxygen atoms in total. The summed E-state index contributed by atoms with van der Waals surface area (Å²) >= 11 is 0. The molecule has 0 rings (SSSR count). The van der Waals surface area contributed by atoms with Gasteiger partial charge in [-0.1, -0.05) is 184 Å².